The van der Waals surface area contributed by atoms with Gasteiger partial charge in [0.1, 0.15) is 0 Å². The van der Waals surface area contributed by atoms with Crippen LogP contribution in [0.25, 0.3) is 0 Å². The minimum absolute atomic E-state index is 0. The molecule has 34 heavy (non-hydrogen) atoms. The molecule has 0 aromatic rings. The van der Waals surface area contributed by atoms with Gasteiger partial charge in [0.2, 0.25) is 0 Å². The summed E-state index contributed by atoms with van der Waals surface area (Å²) >= 11 is 0. The van der Waals surface area contributed by atoms with Crippen LogP contribution in [-0.2, 0) is 38.4 Å². The molecule has 0 aliphatic heterocycles. The molecule has 0 atom stereocenters. The molecule has 0 bridgehead atoms. The van der Waals surface area contributed by atoms with Crippen molar-refractivity contribution in [2.24, 2.45) is 0 Å². The third kappa shape index (κ3) is 81.6. The number of hydrogen-bond donors (Lipinski definition) is 0. The molecule has 0 aromatic heterocycles. The molecule has 0 N–H and O–H groups in total. The minimum Gasteiger partial charge on any atom is -0.545 e. The van der Waals surface area contributed by atoms with Crippen LogP contribution in [0.5, 0.6) is 0 Å². The first-order chi connectivity index (χ1) is 14.5. The Hall–Kier alpha value is -5.28. The van der Waals surface area contributed by atoms with E-state index in [1.54, 1.807) is 0 Å². The largest absolute Gasteiger partial charge is 4.00 e. The van der Waals surface area contributed by atoms with Crippen molar-refractivity contribution in [1.82, 2.24) is 0 Å². The van der Waals surface area contributed by atoms with Crippen LogP contribution in [0.3, 0.4) is 0 Å². The third-order valence-corrected chi connectivity index (χ3v) is 1.42. The second-order valence-corrected chi connectivity index (χ2v) is 3.89. The Bertz CT molecular complexity index is 614. The number of rotatable bonds is 8. The van der Waals surface area contributed by atoms with E-state index in [2.05, 4.69) is 0 Å². The van der Waals surface area contributed by atoms with Crippen LogP contribution in [-0.4, -0.2) is 47.8 Å². The number of carbonyl (C=O) groups is 8. The van der Waals surface area contributed by atoms with Crippen LogP contribution in [0.1, 0.15) is 0 Å². The number of aliphatic carboxylic acids is 8. The van der Waals surface area contributed by atoms with Gasteiger partial charge in [-0.1, -0.05) is 0 Å². The van der Waals surface area contributed by atoms with Gasteiger partial charge in [-0.25, -0.2) is 0 Å². The summed E-state index contributed by atoms with van der Waals surface area (Å²) in [4.78, 5) is 75.3. The molecule has 0 radical (unpaired) electrons. The number of carbonyl (C=O) groups excluding carboxylic acids is 8. The van der Waals surface area contributed by atoms with Crippen molar-refractivity contribution in [1.29, 1.82) is 0 Å². The predicted octanol–water partition coefficient (Wildman–Crippen LogP) is -11.7. The molecule has 0 saturated carbocycles. The monoisotopic (exact) mass is 480 g/mol. The van der Waals surface area contributed by atoms with Crippen molar-refractivity contribution in [3.8, 4) is 0 Å². The first kappa shape index (κ1) is 42.8. The molecule has 16 heteroatoms. The van der Waals surface area contributed by atoms with Crippen molar-refractivity contribution >= 4 is 47.8 Å². The maximum Gasteiger partial charge on any atom is 4.00 e. The smallest absolute Gasteiger partial charge is 0.545 e. The van der Waals surface area contributed by atoms with E-state index in [-0.39, 0.29) is 14.9 Å². The molecule has 16 nitrogen and oxygen atoms in total. The van der Waals surface area contributed by atoms with Gasteiger partial charge in [-0.05, 0) is 48.6 Å². The zero-order valence-corrected chi connectivity index (χ0v) is 16.2. The van der Waals surface area contributed by atoms with Crippen LogP contribution in [0.4, 0.5) is 0 Å². The molecular formula is C18H8O16. The fraction of sp³-hybridized carbons (Fsp3) is 0. The van der Waals surface area contributed by atoms with E-state index in [1.807, 2.05) is 0 Å². The van der Waals surface area contributed by atoms with E-state index in [4.69, 9.17) is 0 Å². The van der Waals surface area contributed by atoms with Crippen molar-refractivity contribution in [2.45, 2.75) is 0 Å². The van der Waals surface area contributed by atoms with Crippen LogP contribution in [0.15, 0.2) is 48.6 Å². The maximum atomic E-state index is 9.41. The fourth-order valence-electron chi connectivity index (χ4n) is 0.544. The van der Waals surface area contributed by atoms with E-state index in [9.17, 15) is 79.2 Å². The van der Waals surface area contributed by atoms with E-state index in [0.29, 0.717) is 48.6 Å². The topological polar surface area (TPSA) is 321 Å². The molecule has 176 valence electrons. The molecule has 0 fully saturated rings. The van der Waals surface area contributed by atoms with Gasteiger partial charge in [-0.2, -0.15) is 0 Å². The molecule has 0 aliphatic rings. The summed E-state index contributed by atoms with van der Waals surface area (Å²) in [7, 11) is 0. The number of carboxylic acid groups (broad SMARTS) is 8. The van der Waals surface area contributed by atoms with Crippen molar-refractivity contribution in [3.05, 3.63) is 63.5 Å². The Morgan fingerprint density at radius 2 is 0.324 bits per heavy atom. The van der Waals surface area contributed by atoms with E-state index in [0.717, 1.165) is 0 Å². The van der Waals surface area contributed by atoms with E-state index in [1.165, 1.54) is 0 Å². The minimum atomic E-state index is -1.55. The first-order valence-electron chi connectivity index (χ1n) is 6.91. The summed E-state index contributed by atoms with van der Waals surface area (Å²) in [6, 6.07) is 0. The molecule has 0 aliphatic carbocycles. The summed E-state index contributed by atoms with van der Waals surface area (Å²) in [6.45, 7) is 0. The Kier molecular flexibility index (Phi) is 34.9. The number of carboxylic acids is 8. The maximum absolute atomic E-state index is 9.41. The van der Waals surface area contributed by atoms with Crippen molar-refractivity contribution < 1.29 is 79.2 Å². The van der Waals surface area contributed by atoms with Gasteiger partial charge in [0.25, 0.3) is 0 Å². The molecule has 0 heterocycles. The van der Waals surface area contributed by atoms with Crippen molar-refractivity contribution in [3.63, 3.8) is 0 Å². The quantitative estimate of drug-likeness (QED) is 0.291. The second kappa shape index (κ2) is 27.7. The normalized spacial score (nSPS) is 8.94. The Morgan fingerprint density at radius 1 is 0.265 bits per heavy atom. The molecule has 0 spiro atoms. The standard InChI is InChI=1S/4C4H4O4.2C/c4*5-3(6)1-2-4(7)8;;/h4*1-2H,(H,5,6)(H,7,8);;/q;;;;2*+4/p-8. The van der Waals surface area contributed by atoms with Gasteiger partial charge in [-0.3, -0.25) is 0 Å². The van der Waals surface area contributed by atoms with Gasteiger partial charge in [0.05, 0.1) is 47.8 Å². The Balaban J connectivity index is -0.0000000754. The SMILES string of the molecule is O=C([O-])C=CC(=O)[O-].O=C([O-])C=CC(=O)[O-].O=C([O-])C=CC(=O)[O-].O=C([O-])C=CC(=O)[O-].[C+4].[C+4]. The van der Waals surface area contributed by atoms with Crippen molar-refractivity contribution in [2.75, 3.05) is 0 Å². The molecule has 0 aromatic carbocycles. The average Bonchev–Trinajstić information content (AvgIpc) is 2.63. The summed E-state index contributed by atoms with van der Waals surface area (Å²) < 4.78 is 0. The van der Waals surface area contributed by atoms with Crippen LogP contribution in [0, 0.1) is 14.9 Å². The zero-order chi connectivity index (χ0) is 26.3. The molecular weight excluding hydrogens is 472 g/mol. The second-order valence-electron chi connectivity index (χ2n) is 3.89. The van der Waals surface area contributed by atoms with E-state index >= 15 is 0 Å². The summed E-state index contributed by atoms with van der Waals surface area (Å²) in [6.07, 6.45) is 3.07. The van der Waals surface area contributed by atoms with Crippen LogP contribution < -0.4 is 40.9 Å². The molecule has 0 saturated heterocycles. The Morgan fingerprint density at radius 3 is 0.353 bits per heavy atom. The first-order valence-corrected chi connectivity index (χ1v) is 6.91. The fourth-order valence-corrected chi connectivity index (χ4v) is 0.544. The molecule has 0 rings (SSSR count). The molecule has 0 unspecified atom stereocenters. The molecule has 0 amide bonds. The van der Waals surface area contributed by atoms with E-state index < -0.39 is 47.8 Å². The van der Waals surface area contributed by atoms with Gasteiger partial charge in [0, 0.05) is 0 Å². The van der Waals surface area contributed by atoms with Gasteiger partial charge < -0.3 is 79.2 Å². The van der Waals surface area contributed by atoms with Gasteiger partial charge >= 0.3 is 14.9 Å². The summed E-state index contributed by atoms with van der Waals surface area (Å²) in [5, 5.41) is 75.3. The zero-order valence-electron chi connectivity index (χ0n) is 16.2. The predicted molar refractivity (Wildman–Crippen MR) is 83.1 cm³/mol. The Labute approximate surface area is 191 Å². The van der Waals surface area contributed by atoms with Gasteiger partial charge in [0.15, 0.2) is 0 Å². The van der Waals surface area contributed by atoms with Crippen LogP contribution in [0.2, 0.25) is 0 Å². The van der Waals surface area contributed by atoms with Gasteiger partial charge in [-0.15, -0.1) is 0 Å². The van der Waals surface area contributed by atoms with Crippen LogP contribution >= 0.6 is 0 Å². The third-order valence-electron chi connectivity index (χ3n) is 1.42. The summed E-state index contributed by atoms with van der Waals surface area (Å²) in [5.74, 6) is -12.4. The average molecular weight is 480 g/mol. The number of hydrogen-bond acceptors (Lipinski definition) is 16. The summed E-state index contributed by atoms with van der Waals surface area (Å²) in [5.41, 5.74) is 0.